The Hall–Kier alpha value is -3.13. The molecule has 29 heavy (non-hydrogen) atoms. The highest BCUT2D eigenvalue weighted by Gasteiger charge is 2.21. The number of nitrogens with zero attached hydrogens (tertiary/aromatic N) is 4. The van der Waals surface area contributed by atoms with Crippen LogP contribution >= 0.6 is 0 Å². The largest absolute Gasteiger partial charge is 0.496 e. The monoisotopic (exact) mass is 398 g/mol. The number of carbonyl (C=O) groups is 1. The van der Waals surface area contributed by atoms with Crippen LogP contribution in [0.1, 0.15) is 5.56 Å². The summed E-state index contributed by atoms with van der Waals surface area (Å²) in [5, 5.41) is 10.8. The van der Waals surface area contributed by atoms with Crippen LogP contribution in [-0.2, 0) is 11.3 Å². The Morgan fingerprint density at radius 2 is 1.76 bits per heavy atom. The molecule has 0 aliphatic carbocycles. The number of benzene rings is 2. The molecule has 154 valence electrons. The van der Waals surface area contributed by atoms with E-state index < -0.39 is 4.92 Å². The van der Waals surface area contributed by atoms with E-state index in [0.717, 1.165) is 43.2 Å². The Kier molecular flexibility index (Phi) is 6.66. The minimum Gasteiger partial charge on any atom is -0.496 e. The van der Waals surface area contributed by atoms with E-state index in [0.29, 0.717) is 13.1 Å². The maximum absolute atomic E-state index is 12.6. The fourth-order valence-electron chi connectivity index (χ4n) is 3.44. The van der Waals surface area contributed by atoms with Gasteiger partial charge >= 0.3 is 0 Å². The smallest absolute Gasteiger partial charge is 0.269 e. The number of likely N-dealkylation sites (N-methyl/N-ethyl adjacent to an activating group) is 1. The maximum atomic E-state index is 12.6. The van der Waals surface area contributed by atoms with Gasteiger partial charge in [-0.2, -0.15) is 0 Å². The number of hydrogen-bond donors (Lipinski definition) is 0. The number of rotatable bonds is 7. The van der Waals surface area contributed by atoms with Crippen LogP contribution in [0.25, 0.3) is 0 Å². The average Bonchev–Trinajstić information content (AvgIpc) is 2.74. The molecule has 1 amide bonds. The van der Waals surface area contributed by atoms with Crippen LogP contribution < -0.4 is 9.64 Å². The molecule has 0 radical (unpaired) electrons. The van der Waals surface area contributed by atoms with E-state index in [2.05, 4.69) is 9.80 Å². The highest BCUT2D eigenvalue weighted by Crippen LogP contribution is 2.21. The van der Waals surface area contributed by atoms with E-state index >= 15 is 0 Å². The van der Waals surface area contributed by atoms with Gasteiger partial charge in [0, 0.05) is 63.2 Å². The lowest BCUT2D eigenvalue weighted by atomic mass is 10.2. The van der Waals surface area contributed by atoms with Crippen molar-refractivity contribution in [2.24, 2.45) is 0 Å². The topological polar surface area (TPSA) is 79.2 Å². The molecule has 0 N–H and O–H groups in total. The number of methoxy groups -OCH3 is 1. The van der Waals surface area contributed by atoms with Crippen LogP contribution in [0, 0.1) is 10.1 Å². The standard InChI is InChI=1S/C21H26N4O4/c1-22(15-17-5-3-4-6-20(17)29-2)21(26)16-23-11-13-24(14-12-23)18-7-9-19(10-8-18)25(27)28/h3-10H,11-16H2,1-2H3. The Morgan fingerprint density at radius 3 is 2.38 bits per heavy atom. The zero-order valence-electron chi connectivity index (χ0n) is 16.8. The molecule has 3 rings (SSSR count). The Bertz CT molecular complexity index is 848. The minimum atomic E-state index is -0.394. The van der Waals surface area contributed by atoms with E-state index in [1.807, 2.05) is 31.3 Å². The summed E-state index contributed by atoms with van der Waals surface area (Å²) in [4.78, 5) is 29.1. The molecule has 1 saturated heterocycles. The van der Waals surface area contributed by atoms with Gasteiger partial charge in [0.2, 0.25) is 5.91 Å². The first kappa shape index (κ1) is 20.6. The van der Waals surface area contributed by atoms with Crippen LogP contribution in [0.2, 0.25) is 0 Å². The van der Waals surface area contributed by atoms with Crippen LogP contribution in [0.5, 0.6) is 5.75 Å². The van der Waals surface area contributed by atoms with Crippen LogP contribution in [0.15, 0.2) is 48.5 Å². The zero-order valence-corrected chi connectivity index (χ0v) is 16.8. The van der Waals surface area contributed by atoms with E-state index in [1.54, 1.807) is 24.1 Å². The van der Waals surface area contributed by atoms with Crippen molar-refractivity contribution >= 4 is 17.3 Å². The van der Waals surface area contributed by atoms with Gasteiger partial charge in [-0.1, -0.05) is 18.2 Å². The highest BCUT2D eigenvalue weighted by molar-refractivity contribution is 5.78. The Morgan fingerprint density at radius 1 is 1.10 bits per heavy atom. The number of carbonyl (C=O) groups excluding carboxylic acids is 1. The lowest BCUT2D eigenvalue weighted by molar-refractivity contribution is -0.384. The third kappa shape index (κ3) is 5.23. The predicted octanol–water partition coefficient (Wildman–Crippen LogP) is 2.38. The van der Waals surface area contributed by atoms with Gasteiger partial charge in [0.25, 0.3) is 5.69 Å². The van der Waals surface area contributed by atoms with Crippen molar-refractivity contribution in [2.75, 3.05) is 51.8 Å². The summed E-state index contributed by atoms with van der Waals surface area (Å²) < 4.78 is 5.36. The molecule has 2 aromatic rings. The summed E-state index contributed by atoms with van der Waals surface area (Å²) in [5.41, 5.74) is 2.04. The zero-order chi connectivity index (χ0) is 20.8. The molecular weight excluding hydrogens is 372 g/mol. The summed E-state index contributed by atoms with van der Waals surface area (Å²) in [5.74, 6) is 0.851. The molecule has 8 nitrogen and oxygen atoms in total. The van der Waals surface area contributed by atoms with Gasteiger partial charge in [-0.3, -0.25) is 19.8 Å². The molecule has 0 saturated carbocycles. The van der Waals surface area contributed by atoms with Crippen molar-refractivity contribution < 1.29 is 14.5 Å². The molecule has 0 unspecified atom stereocenters. The normalized spacial score (nSPS) is 14.5. The van der Waals surface area contributed by atoms with E-state index in [4.69, 9.17) is 4.74 Å². The van der Waals surface area contributed by atoms with Gasteiger partial charge in [-0.15, -0.1) is 0 Å². The van der Waals surface area contributed by atoms with E-state index in [9.17, 15) is 14.9 Å². The molecule has 0 aromatic heterocycles. The quantitative estimate of drug-likeness (QED) is 0.526. The first-order valence-corrected chi connectivity index (χ1v) is 9.55. The minimum absolute atomic E-state index is 0.0692. The van der Waals surface area contributed by atoms with Crippen molar-refractivity contribution in [2.45, 2.75) is 6.54 Å². The van der Waals surface area contributed by atoms with Crippen LogP contribution in [0.4, 0.5) is 11.4 Å². The second-order valence-electron chi connectivity index (χ2n) is 7.10. The van der Waals surface area contributed by atoms with E-state index in [-0.39, 0.29) is 11.6 Å². The molecule has 0 bridgehead atoms. The third-order valence-corrected chi connectivity index (χ3v) is 5.18. The lowest BCUT2D eigenvalue weighted by Gasteiger charge is -2.36. The van der Waals surface area contributed by atoms with Gasteiger partial charge in [-0.05, 0) is 18.2 Å². The predicted molar refractivity (Wildman–Crippen MR) is 111 cm³/mol. The summed E-state index contributed by atoms with van der Waals surface area (Å²) in [7, 11) is 3.44. The van der Waals surface area contributed by atoms with E-state index in [1.165, 1.54) is 12.1 Å². The number of amides is 1. The Balaban J connectivity index is 1.49. The lowest BCUT2D eigenvalue weighted by Crippen LogP contribution is -2.49. The van der Waals surface area contributed by atoms with Crippen molar-refractivity contribution in [1.82, 2.24) is 9.80 Å². The van der Waals surface area contributed by atoms with Gasteiger partial charge in [0.15, 0.2) is 0 Å². The van der Waals surface area contributed by atoms with Crippen molar-refractivity contribution in [3.05, 3.63) is 64.2 Å². The number of ether oxygens (including phenoxy) is 1. The number of non-ortho nitro benzene ring substituents is 1. The van der Waals surface area contributed by atoms with Crippen LogP contribution in [0.3, 0.4) is 0 Å². The fourth-order valence-corrected chi connectivity index (χ4v) is 3.44. The summed E-state index contributed by atoms with van der Waals surface area (Å²) >= 11 is 0. The molecule has 1 fully saturated rings. The number of nitro benzene ring substituents is 1. The fraction of sp³-hybridized carbons (Fsp3) is 0.381. The number of anilines is 1. The summed E-state index contributed by atoms with van der Waals surface area (Å²) in [6, 6.07) is 14.3. The third-order valence-electron chi connectivity index (χ3n) is 5.18. The van der Waals surface area contributed by atoms with Gasteiger partial charge < -0.3 is 14.5 Å². The van der Waals surface area contributed by atoms with Gasteiger partial charge in [0.05, 0.1) is 18.6 Å². The molecule has 1 heterocycles. The molecule has 0 spiro atoms. The van der Waals surface area contributed by atoms with Crippen molar-refractivity contribution in [1.29, 1.82) is 0 Å². The SMILES string of the molecule is COc1ccccc1CN(C)C(=O)CN1CCN(c2ccc([N+](=O)[O-])cc2)CC1. The average molecular weight is 398 g/mol. The molecule has 1 aliphatic heterocycles. The second kappa shape index (κ2) is 9.38. The van der Waals surface area contributed by atoms with Gasteiger partial charge in [-0.25, -0.2) is 0 Å². The molecule has 2 aromatic carbocycles. The molecule has 1 aliphatic rings. The number of para-hydroxylation sites is 1. The first-order chi connectivity index (χ1) is 14.0. The Labute approximate surface area is 170 Å². The first-order valence-electron chi connectivity index (χ1n) is 9.55. The maximum Gasteiger partial charge on any atom is 0.269 e. The number of piperazine rings is 1. The number of nitro groups is 1. The highest BCUT2D eigenvalue weighted by atomic mass is 16.6. The summed E-state index contributed by atoms with van der Waals surface area (Å²) in [6.45, 7) is 3.98. The molecule has 8 heteroatoms. The van der Waals surface area contributed by atoms with Crippen LogP contribution in [-0.4, -0.2) is 67.5 Å². The van der Waals surface area contributed by atoms with Crippen molar-refractivity contribution in [3.63, 3.8) is 0 Å². The summed E-state index contributed by atoms with van der Waals surface area (Å²) in [6.07, 6.45) is 0. The number of hydrogen-bond acceptors (Lipinski definition) is 6. The molecule has 0 atom stereocenters. The second-order valence-corrected chi connectivity index (χ2v) is 7.10. The molecular formula is C21H26N4O4. The van der Waals surface area contributed by atoms with Gasteiger partial charge in [0.1, 0.15) is 5.75 Å². The van der Waals surface area contributed by atoms with Crippen molar-refractivity contribution in [3.8, 4) is 5.75 Å².